The van der Waals surface area contributed by atoms with Gasteiger partial charge in [-0.25, -0.2) is 0 Å². The molecule has 3 aromatic carbocycles. The van der Waals surface area contributed by atoms with Crippen molar-refractivity contribution in [1.29, 1.82) is 0 Å². The molecular weight excluding hydrogens is 396 g/mol. The Morgan fingerprint density at radius 3 is 2.62 bits per heavy atom. The average Bonchev–Trinajstić information content (AvgIpc) is 2.82. The first-order valence-corrected chi connectivity index (χ1v) is 11.8. The average molecular weight is 431 g/mol. The summed E-state index contributed by atoms with van der Waals surface area (Å²) >= 11 is 0. The molecule has 3 aromatic rings. The SMILES string of the molecule is CC1CCCCN1CCCOc1ccc2cc(C(=O)N(C)Cc3ccccc3)ccc2c1. The minimum Gasteiger partial charge on any atom is -0.494 e. The zero-order valence-electron chi connectivity index (χ0n) is 19.3. The van der Waals surface area contributed by atoms with Gasteiger partial charge >= 0.3 is 0 Å². The molecule has 1 aliphatic heterocycles. The molecule has 0 saturated carbocycles. The highest BCUT2D eigenvalue weighted by Gasteiger charge is 2.17. The van der Waals surface area contributed by atoms with Gasteiger partial charge in [-0.2, -0.15) is 0 Å². The van der Waals surface area contributed by atoms with Crippen molar-refractivity contribution in [3.63, 3.8) is 0 Å². The Morgan fingerprint density at radius 1 is 1.03 bits per heavy atom. The standard InChI is InChI=1S/C28H34N2O2/c1-22-9-6-7-16-30(22)17-8-18-32-27-15-14-24-19-26(13-12-25(24)20-27)28(31)29(2)21-23-10-4-3-5-11-23/h3-5,10-15,19-20,22H,6-9,16-18,21H2,1-2H3. The van der Waals surface area contributed by atoms with Crippen LogP contribution in [-0.4, -0.2) is 48.5 Å². The van der Waals surface area contributed by atoms with Gasteiger partial charge in [-0.1, -0.05) is 48.9 Å². The van der Waals surface area contributed by atoms with Crippen LogP contribution in [0.5, 0.6) is 5.75 Å². The van der Waals surface area contributed by atoms with Crippen molar-refractivity contribution in [1.82, 2.24) is 9.80 Å². The number of benzene rings is 3. The van der Waals surface area contributed by atoms with Gasteiger partial charge in [0, 0.05) is 31.7 Å². The van der Waals surface area contributed by atoms with Crippen molar-refractivity contribution in [2.24, 2.45) is 0 Å². The first-order chi connectivity index (χ1) is 15.6. The minimum absolute atomic E-state index is 0.0306. The molecule has 0 aliphatic carbocycles. The van der Waals surface area contributed by atoms with E-state index in [1.54, 1.807) is 4.90 Å². The van der Waals surface area contributed by atoms with Gasteiger partial charge in [0.15, 0.2) is 0 Å². The first kappa shape index (κ1) is 22.3. The van der Waals surface area contributed by atoms with E-state index in [0.29, 0.717) is 18.2 Å². The summed E-state index contributed by atoms with van der Waals surface area (Å²) in [6, 6.07) is 22.8. The number of fused-ring (bicyclic) bond motifs is 1. The van der Waals surface area contributed by atoms with Crippen molar-refractivity contribution in [2.75, 3.05) is 26.7 Å². The molecule has 32 heavy (non-hydrogen) atoms. The maximum atomic E-state index is 12.9. The van der Waals surface area contributed by atoms with E-state index in [1.807, 2.05) is 67.7 Å². The lowest BCUT2D eigenvalue weighted by molar-refractivity contribution is 0.0785. The van der Waals surface area contributed by atoms with Crippen LogP contribution in [0.1, 0.15) is 48.5 Å². The maximum Gasteiger partial charge on any atom is 0.253 e. The fourth-order valence-corrected chi connectivity index (χ4v) is 4.54. The van der Waals surface area contributed by atoms with Crippen molar-refractivity contribution >= 4 is 16.7 Å². The van der Waals surface area contributed by atoms with E-state index in [2.05, 4.69) is 17.9 Å². The minimum atomic E-state index is 0.0306. The summed E-state index contributed by atoms with van der Waals surface area (Å²) in [7, 11) is 1.85. The second-order valence-electron chi connectivity index (χ2n) is 8.95. The van der Waals surface area contributed by atoms with Gasteiger partial charge in [0.2, 0.25) is 0 Å². The summed E-state index contributed by atoms with van der Waals surface area (Å²) < 4.78 is 6.02. The third-order valence-electron chi connectivity index (χ3n) is 6.47. The van der Waals surface area contributed by atoms with Crippen molar-refractivity contribution in [3.05, 3.63) is 77.9 Å². The number of amides is 1. The normalized spacial score (nSPS) is 16.8. The van der Waals surface area contributed by atoms with Crippen molar-refractivity contribution in [3.8, 4) is 5.75 Å². The third kappa shape index (κ3) is 5.68. The zero-order valence-corrected chi connectivity index (χ0v) is 19.3. The number of carbonyl (C=O) groups is 1. The Hall–Kier alpha value is -2.85. The number of nitrogens with zero attached hydrogens (tertiary/aromatic N) is 2. The number of carbonyl (C=O) groups excluding carboxylic acids is 1. The zero-order chi connectivity index (χ0) is 22.3. The fraction of sp³-hybridized carbons (Fsp3) is 0.393. The molecule has 0 N–H and O–H groups in total. The topological polar surface area (TPSA) is 32.8 Å². The molecule has 1 atom stereocenters. The van der Waals surface area contributed by atoms with Gasteiger partial charge in [0.1, 0.15) is 5.75 Å². The quantitative estimate of drug-likeness (QED) is 0.426. The second kappa shape index (κ2) is 10.6. The molecule has 0 spiro atoms. The smallest absolute Gasteiger partial charge is 0.253 e. The molecule has 1 heterocycles. The third-order valence-corrected chi connectivity index (χ3v) is 6.47. The molecule has 1 unspecified atom stereocenters. The summed E-state index contributed by atoms with van der Waals surface area (Å²) in [6.07, 6.45) is 5.05. The molecule has 4 nitrogen and oxygen atoms in total. The van der Waals surface area contributed by atoms with Gasteiger partial charge in [-0.3, -0.25) is 4.79 Å². The number of piperidine rings is 1. The van der Waals surface area contributed by atoms with Gasteiger partial charge < -0.3 is 14.5 Å². The van der Waals surface area contributed by atoms with E-state index in [-0.39, 0.29) is 5.91 Å². The Balaban J connectivity index is 1.33. The monoisotopic (exact) mass is 430 g/mol. The highest BCUT2D eigenvalue weighted by Crippen LogP contribution is 2.23. The van der Waals surface area contributed by atoms with Crippen LogP contribution in [0, 0.1) is 0 Å². The van der Waals surface area contributed by atoms with Crippen LogP contribution in [0.3, 0.4) is 0 Å². The lowest BCUT2D eigenvalue weighted by Gasteiger charge is -2.33. The Labute approximate surface area is 191 Å². The highest BCUT2D eigenvalue weighted by molar-refractivity contribution is 5.98. The van der Waals surface area contributed by atoms with Crippen molar-refractivity contribution < 1.29 is 9.53 Å². The summed E-state index contributed by atoms with van der Waals surface area (Å²) in [5.41, 5.74) is 1.83. The number of hydrogen-bond donors (Lipinski definition) is 0. The lowest BCUT2D eigenvalue weighted by atomic mass is 10.0. The van der Waals surface area contributed by atoms with Crippen LogP contribution in [0.2, 0.25) is 0 Å². The Kier molecular flexibility index (Phi) is 7.43. The van der Waals surface area contributed by atoms with Crippen LogP contribution < -0.4 is 4.74 Å². The number of likely N-dealkylation sites (tertiary alicyclic amines) is 1. The van der Waals surface area contributed by atoms with Gasteiger partial charge in [0.25, 0.3) is 5.91 Å². The van der Waals surface area contributed by atoms with Gasteiger partial charge in [-0.05, 0) is 73.3 Å². The number of hydrogen-bond acceptors (Lipinski definition) is 3. The summed E-state index contributed by atoms with van der Waals surface area (Å²) in [4.78, 5) is 17.2. The lowest BCUT2D eigenvalue weighted by Crippen LogP contribution is -2.38. The summed E-state index contributed by atoms with van der Waals surface area (Å²) in [5.74, 6) is 0.924. The largest absolute Gasteiger partial charge is 0.494 e. The van der Waals surface area contributed by atoms with E-state index in [4.69, 9.17) is 4.74 Å². The van der Waals surface area contributed by atoms with Crippen LogP contribution in [-0.2, 0) is 6.54 Å². The van der Waals surface area contributed by atoms with E-state index in [0.717, 1.165) is 41.7 Å². The summed E-state index contributed by atoms with van der Waals surface area (Å²) in [6.45, 7) is 5.99. The predicted octanol–water partition coefficient (Wildman–Crippen LogP) is 5.76. The van der Waals surface area contributed by atoms with Crippen LogP contribution in [0.15, 0.2) is 66.7 Å². The molecule has 4 heteroatoms. The summed E-state index contributed by atoms with van der Waals surface area (Å²) in [5, 5.41) is 2.15. The fourth-order valence-electron chi connectivity index (χ4n) is 4.54. The number of ether oxygens (including phenoxy) is 1. The van der Waals surface area contributed by atoms with Crippen molar-refractivity contribution in [2.45, 2.75) is 45.2 Å². The molecule has 1 saturated heterocycles. The van der Waals surface area contributed by atoms with Crippen LogP contribution in [0.25, 0.3) is 10.8 Å². The maximum absolute atomic E-state index is 12.9. The molecule has 0 aromatic heterocycles. The van der Waals surface area contributed by atoms with E-state index in [9.17, 15) is 4.79 Å². The molecule has 1 fully saturated rings. The number of rotatable bonds is 8. The van der Waals surface area contributed by atoms with Crippen LogP contribution in [0.4, 0.5) is 0 Å². The molecule has 1 amide bonds. The molecule has 0 bridgehead atoms. The van der Waals surface area contributed by atoms with Gasteiger partial charge in [-0.15, -0.1) is 0 Å². The molecule has 1 aliphatic rings. The Morgan fingerprint density at radius 2 is 1.81 bits per heavy atom. The predicted molar refractivity (Wildman–Crippen MR) is 131 cm³/mol. The van der Waals surface area contributed by atoms with Gasteiger partial charge in [0.05, 0.1) is 6.61 Å². The first-order valence-electron chi connectivity index (χ1n) is 11.8. The van der Waals surface area contributed by atoms with Crippen LogP contribution >= 0.6 is 0 Å². The highest BCUT2D eigenvalue weighted by atomic mass is 16.5. The Bertz CT molecular complexity index is 1030. The molecule has 4 rings (SSSR count). The van der Waals surface area contributed by atoms with E-state index >= 15 is 0 Å². The second-order valence-corrected chi connectivity index (χ2v) is 8.95. The van der Waals surface area contributed by atoms with E-state index < -0.39 is 0 Å². The molecule has 168 valence electrons. The molecule has 0 radical (unpaired) electrons. The van der Waals surface area contributed by atoms with E-state index in [1.165, 1.54) is 25.8 Å². The molecular formula is C28H34N2O2.